The Bertz CT molecular complexity index is 1600. The maximum Gasteiger partial charge on any atom is 0.328 e. The van der Waals surface area contributed by atoms with Crippen LogP contribution >= 0.6 is 0 Å². The number of hydrogen-bond acceptors (Lipinski definition) is 6. The number of rotatable bonds is 9. The number of nitrogens with zero attached hydrogens (tertiary/aromatic N) is 1. The zero-order valence-corrected chi connectivity index (χ0v) is 23.6. The van der Waals surface area contributed by atoms with E-state index in [2.05, 4.69) is 4.98 Å². The van der Waals surface area contributed by atoms with Crippen molar-refractivity contribution in [3.63, 3.8) is 0 Å². The van der Waals surface area contributed by atoms with Gasteiger partial charge in [0.15, 0.2) is 6.17 Å². The van der Waals surface area contributed by atoms with Crippen molar-refractivity contribution < 1.29 is 23.7 Å². The quantitative estimate of drug-likeness (QED) is 0.229. The first-order valence-corrected chi connectivity index (χ1v) is 13.6. The Labute approximate surface area is 242 Å². The first-order valence-electron chi connectivity index (χ1n) is 13.6. The van der Waals surface area contributed by atoms with Gasteiger partial charge in [-0.1, -0.05) is 66.7 Å². The molecule has 2 N–H and O–H groups in total. The van der Waals surface area contributed by atoms with Gasteiger partial charge in [-0.3, -0.25) is 14.3 Å². The van der Waals surface area contributed by atoms with Gasteiger partial charge < -0.3 is 19.3 Å². The third kappa shape index (κ3) is 5.41. The molecule has 1 aromatic heterocycles. The van der Waals surface area contributed by atoms with Crippen LogP contribution in [0.1, 0.15) is 28.3 Å². The zero-order valence-electron chi connectivity index (χ0n) is 23.6. The summed E-state index contributed by atoms with van der Waals surface area (Å²) in [6, 6.07) is 23.7. The largest absolute Gasteiger partial charge is 0.497 e. The van der Waals surface area contributed by atoms with Gasteiger partial charge in [-0.15, -0.1) is 0 Å². The summed E-state index contributed by atoms with van der Waals surface area (Å²) < 4.78 is 34.4. The number of alkyl halides is 1. The van der Waals surface area contributed by atoms with E-state index < -0.39 is 41.1 Å². The van der Waals surface area contributed by atoms with Gasteiger partial charge >= 0.3 is 5.69 Å². The van der Waals surface area contributed by atoms with Crippen molar-refractivity contribution in [1.82, 2.24) is 9.55 Å². The van der Waals surface area contributed by atoms with Gasteiger partial charge in [-0.2, -0.15) is 0 Å². The zero-order chi connectivity index (χ0) is 29.9. The van der Waals surface area contributed by atoms with Crippen molar-refractivity contribution in [2.75, 3.05) is 20.8 Å². The van der Waals surface area contributed by atoms with Crippen molar-refractivity contribution in [3.05, 3.63) is 140 Å². The number of allylic oxidation sites excluding steroid dienone is 1. The van der Waals surface area contributed by atoms with E-state index in [9.17, 15) is 14.7 Å². The van der Waals surface area contributed by atoms with Crippen LogP contribution in [0.3, 0.4) is 0 Å². The molecule has 9 heteroatoms. The molecule has 1 aliphatic rings. The Hall–Kier alpha value is -4.47. The molecule has 1 heterocycles. The van der Waals surface area contributed by atoms with Gasteiger partial charge in [0.1, 0.15) is 17.1 Å². The molecule has 1 aliphatic carbocycles. The summed E-state index contributed by atoms with van der Waals surface area (Å²) in [7, 11) is 3.19. The first-order chi connectivity index (χ1) is 20.3. The predicted molar refractivity (Wildman–Crippen MR) is 157 cm³/mol. The van der Waals surface area contributed by atoms with E-state index in [1.54, 1.807) is 20.3 Å². The van der Waals surface area contributed by atoms with E-state index in [4.69, 9.17) is 14.2 Å². The number of methoxy groups -OCH3 is 2. The van der Waals surface area contributed by atoms with E-state index in [-0.39, 0.29) is 12.2 Å². The van der Waals surface area contributed by atoms with E-state index in [0.717, 1.165) is 21.3 Å². The average Bonchev–Trinajstić information content (AvgIpc) is 3.02. The number of halogens is 1. The van der Waals surface area contributed by atoms with Crippen LogP contribution in [0.15, 0.2) is 107 Å². The Morgan fingerprint density at radius 1 is 0.857 bits per heavy atom. The number of aliphatic hydroxyl groups excluding tert-OH is 1. The van der Waals surface area contributed by atoms with Gasteiger partial charge in [0.2, 0.25) is 0 Å². The molecule has 0 bridgehead atoms. The second-order valence-corrected chi connectivity index (χ2v) is 10.3. The highest BCUT2D eigenvalue weighted by Gasteiger charge is 2.42. The van der Waals surface area contributed by atoms with Gasteiger partial charge in [0.05, 0.1) is 33.0 Å². The normalized spacial score (nSPS) is 20.3. The summed E-state index contributed by atoms with van der Waals surface area (Å²) in [6.45, 7) is 1.49. The second-order valence-electron chi connectivity index (χ2n) is 10.3. The molecule has 0 fully saturated rings. The number of aryl methyl sites for hydroxylation is 1. The third-order valence-corrected chi connectivity index (χ3v) is 7.78. The topological polar surface area (TPSA) is 103 Å². The van der Waals surface area contributed by atoms with Crippen LogP contribution in [0.25, 0.3) is 0 Å². The number of aromatic nitrogens is 2. The van der Waals surface area contributed by atoms with Crippen molar-refractivity contribution in [1.29, 1.82) is 0 Å². The summed E-state index contributed by atoms with van der Waals surface area (Å²) in [5, 5.41) is 11.1. The molecule has 8 nitrogen and oxygen atoms in total. The monoisotopic (exact) mass is 572 g/mol. The Morgan fingerprint density at radius 2 is 1.40 bits per heavy atom. The predicted octanol–water partition coefficient (Wildman–Crippen LogP) is 4.30. The molecule has 4 aromatic rings. The molecule has 42 heavy (non-hydrogen) atoms. The number of aliphatic hydroxyl groups is 1. The Balaban J connectivity index is 1.55. The highest BCUT2D eigenvalue weighted by atomic mass is 19.1. The first kappa shape index (κ1) is 29.0. The van der Waals surface area contributed by atoms with Gasteiger partial charge in [-0.25, -0.2) is 9.18 Å². The smallest absolute Gasteiger partial charge is 0.328 e. The second kappa shape index (κ2) is 12.2. The minimum absolute atomic E-state index is 0.0443. The summed E-state index contributed by atoms with van der Waals surface area (Å²) in [5.41, 5.74) is 0.293. The molecule has 218 valence electrons. The molecule has 0 radical (unpaired) electrons. The van der Waals surface area contributed by atoms with Crippen LogP contribution in [0, 0.1) is 12.8 Å². The van der Waals surface area contributed by atoms with Crippen LogP contribution in [0.2, 0.25) is 0 Å². The molecule has 0 unspecified atom stereocenters. The lowest BCUT2D eigenvalue weighted by atomic mass is 9.79. The van der Waals surface area contributed by atoms with Gasteiger partial charge in [-0.05, 0) is 47.9 Å². The molecule has 0 saturated heterocycles. The fourth-order valence-electron chi connectivity index (χ4n) is 5.42. The molecular formula is C33H33FN2O6. The lowest BCUT2D eigenvalue weighted by molar-refractivity contribution is -0.0524. The van der Waals surface area contributed by atoms with Crippen LogP contribution in [0.5, 0.6) is 11.5 Å². The highest BCUT2D eigenvalue weighted by Crippen LogP contribution is 2.42. The average molecular weight is 573 g/mol. The third-order valence-electron chi connectivity index (χ3n) is 7.78. The van der Waals surface area contributed by atoms with Crippen molar-refractivity contribution in [3.8, 4) is 11.5 Å². The van der Waals surface area contributed by atoms with Crippen molar-refractivity contribution in [2.45, 2.75) is 30.8 Å². The molecular weight excluding hydrogens is 539 g/mol. The number of hydrogen-bond donors (Lipinski definition) is 2. The van der Waals surface area contributed by atoms with E-state index in [1.165, 1.54) is 19.2 Å². The molecule has 0 aliphatic heterocycles. The molecule has 0 spiro atoms. The molecule has 0 saturated carbocycles. The Kier molecular flexibility index (Phi) is 8.42. The fraction of sp³-hybridized carbons (Fsp3) is 0.273. The summed E-state index contributed by atoms with van der Waals surface area (Å²) in [6.07, 6.45) is 1.21. The number of benzene rings is 3. The minimum atomic E-state index is -1.82. The van der Waals surface area contributed by atoms with Crippen LogP contribution in [-0.4, -0.2) is 47.8 Å². The molecule has 4 atom stereocenters. The summed E-state index contributed by atoms with van der Waals surface area (Å²) in [4.78, 5) is 26.4. The van der Waals surface area contributed by atoms with Crippen LogP contribution < -0.4 is 20.7 Å². The van der Waals surface area contributed by atoms with Crippen LogP contribution in [-0.2, 0) is 10.3 Å². The van der Waals surface area contributed by atoms with Gasteiger partial charge in [0, 0.05) is 17.7 Å². The summed E-state index contributed by atoms with van der Waals surface area (Å²) in [5.74, 6) is 0.635. The summed E-state index contributed by atoms with van der Waals surface area (Å²) >= 11 is 0. The lowest BCUT2D eigenvalue weighted by Gasteiger charge is -2.39. The number of H-pyrrole nitrogens is 1. The molecule has 0 amide bonds. The highest BCUT2D eigenvalue weighted by molar-refractivity contribution is 5.49. The van der Waals surface area contributed by atoms with E-state index in [1.807, 2.05) is 78.9 Å². The standard InChI is InChI=1S/C33H33FN2O6/c1-21-19-36(32(39)35-31(21)38)28-18-9-22(30(37)29(28)34)20-42-33(23-7-5-4-6-8-23,24-10-14-26(40-2)15-11-24)25-12-16-27(41-3)17-13-25/h4-19,22,28-30,37H,20H2,1-3H3,(H,35,38,39)/t22-,28-,29+,30-/m1/s1. The van der Waals surface area contributed by atoms with E-state index >= 15 is 4.39 Å². The van der Waals surface area contributed by atoms with Crippen molar-refractivity contribution >= 4 is 0 Å². The molecule has 5 rings (SSSR count). The van der Waals surface area contributed by atoms with Crippen LogP contribution in [0.4, 0.5) is 4.39 Å². The number of nitrogens with one attached hydrogen (secondary N) is 1. The number of ether oxygens (including phenoxy) is 3. The SMILES string of the molecule is COc1ccc(C(OC[C@H]2C=C[C@@H](n3cc(C)c(=O)[nH]c3=O)[C@H](F)[C@@H]2O)(c2ccccc2)c2ccc(OC)cc2)cc1. The van der Waals surface area contributed by atoms with Crippen molar-refractivity contribution in [2.24, 2.45) is 5.92 Å². The maximum absolute atomic E-state index is 15.7. The Morgan fingerprint density at radius 3 is 1.95 bits per heavy atom. The van der Waals surface area contributed by atoms with E-state index in [0.29, 0.717) is 11.5 Å². The maximum atomic E-state index is 15.7. The minimum Gasteiger partial charge on any atom is -0.497 e. The number of aromatic amines is 1. The lowest BCUT2D eigenvalue weighted by Crippen LogP contribution is -2.45. The fourth-order valence-corrected chi connectivity index (χ4v) is 5.42. The molecule has 3 aromatic carbocycles. The van der Waals surface area contributed by atoms with Gasteiger partial charge in [0.25, 0.3) is 5.56 Å².